The van der Waals surface area contributed by atoms with Gasteiger partial charge in [0.15, 0.2) is 0 Å². The van der Waals surface area contributed by atoms with Gasteiger partial charge in [0.05, 0.1) is 0 Å². The fourth-order valence-electron chi connectivity index (χ4n) is 1.62. The van der Waals surface area contributed by atoms with Gasteiger partial charge >= 0.3 is 0 Å². The highest BCUT2D eigenvalue weighted by Gasteiger charge is 2.27. The van der Waals surface area contributed by atoms with Crippen molar-refractivity contribution >= 4 is 17.4 Å². The Morgan fingerprint density at radius 3 is 2.73 bits per heavy atom. The number of nitrogens with one attached hydrogen (secondary N) is 1. The second-order valence-corrected chi connectivity index (χ2v) is 4.92. The van der Waals surface area contributed by atoms with Crippen LogP contribution >= 0.6 is 11.6 Å². The lowest BCUT2D eigenvalue weighted by Crippen LogP contribution is -2.06. The van der Waals surface area contributed by atoms with Crippen LogP contribution in [0.25, 0.3) is 0 Å². The van der Waals surface area contributed by atoms with E-state index in [9.17, 15) is 0 Å². The molecule has 4 heteroatoms. The van der Waals surface area contributed by atoms with E-state index < -0.39 is 0 Å². The summed E-state index contributed by atoms with van der Waals surface area (Å²) in [6.45, 7) is 1.03. The molecule has 3 rings (SSSR count). The van der Waals surface area contributed by atoms with Gasteiger partial charge in [-0.2, -0.15) is 0 Å². The second kappa shape index (κ2) is 3.63. The van der Waals surface area contributed by atoms with Gasteiger partial charge < -0.3 is 5.32 Å². The number of hydrogen-bond acceptors (Lipinski definition) is 3. The molecule has 0 aliphatic heterocycles. The zero-order valence-electron chi connectivity index (χ0n) is 8.54. The van der Waals surface area contributed by atoms with Crippen molar-refractivity contribution in [2.75, 3.05) is 11.9 Å². The molecule has 3 nitrogen and oxygen atoms in total. The molecule has 1 N–H and O–H groups in total. The highest BCUT2D eigenvalue weighted by molar-refractivity contribution is 6.29. The molecule has 1 aromatic rings. The van der Waals surface area contributed by atoms with Crippen LogP contribution in [0, 0.1) is 5.92 Å². The molecule has 0 amide bonds. The molecule has 2 aliphatic carbocycles. The molecule has 2 aliphatic rings. The van der Waals surface area contributed by atoms with E-state index in [0.717, 1.165) is 24.1 Å². The fourth-order valence-corrected chi connectivity index (χ4v) is 1.81. The Labute approximate surface area is 94.3 Å². The van der Waals surface area contributed by atoms with Gasteiger partial charge in [0.2, 0.25) is 0 Å². The largest absolute Gasteiger partial charge is 0.370 e. The highest BCUT2D eigenvalue weighted by atomic mass is 35.5. The number of aromatic nitrogens is 2. The molecule has 80 valence electrons. The van der Waals surface area contributed by atoms with Crippen LogP contribution < -0.4 is 5.32 Å². The average Bonchev–Trinajstić information content (AvgIpc) is 3.06. The quantitative estimate of drug-likeness (QED) is 0.798. The van der Waals surface area contributed by atoms with Crippen molar-refractivity contribution in [2.45, 2.75) is 31.6 Å². The number of hydrogen-bond donors (Lipinski definition) is 1. The Morgan fingerprint density at radius 2 is 2.07 bits per heavy atom. The molecule has 0 radical (unpaired) electrons. The predicted octanol–water partition coefficient (Wildman–Crippen LogP) is 2.83. The van der Waals surface area contributed by atoms with Crippen molar-refractivity contribution in [3.63, 3.8) is 0 Å². The lowest BCUT2D eigenvalue weighted by Gasteiger charge is -2.06. The van der Waals surface area contributed by atoms with Gasteiger partial charge in [-0.25, -0.2) is 9.97 Å². The summed E-state index contributed by atoms with van der Waals surface area (Å²) in [4.78, 5) is 8.74. The molecule has 0 aromatic carbocycles. The minimum Gasteiger partial charge on any atom is -0.370 e. The first-order valence-electron chi connectivity index (χ1n) is 5.59. The summed E-state index contributed by atoms with van der Waals surface area (Å²) in [5.74, 6) is 3.22. The van der Waals surface area contributed by atoms with Gasteiger partial charge in [-0.05, 0) is 31.6 Å². The molecular weight excluding hydrogens is 210 g/mol. The summed E-state index contributed by atoms with van der Waals surface area (Å²) in [5.41, 5.74) is 0. The van der Waals surface area contributed by atoms with Crippen LogP contribution in [0.2, 0.25) is 5.15 Å². The van der Waals surface area contributed by atoms with Gasteiger partial charge in [0.25, 0.3) is 0 Å². The zero-order chi connectivity index (χ0) is 10.3. The standard InChI is InChI=1S/C11H14ClN3/c12-9-5-10(13-6-7-1-2-7)15-11(14-9)8-3-4-8/h5,7-8H,1-4,6H2,(H,13,14,15). The molecule has 2 fully saturated rings. The third-order valence-electron chi connectivity index (χ3n) is 2.92. The van der Waals surface area contributed by atoms with Crippen molar-refractivity contribution in [1.82, 2.24) is 9.97 Å². The Kier molecular flexibility index (Phi) is 2.28. The molecule has 15 heavy (non-hydrogen) atoms. The summed E-state index contributed by atoms with van der Waals surface area (Å²) in [6.07, 6.45) is 5.12. The van der Waals surface area contributed by atoms with Crippen LogP contribution in [0.5, 0.6) is 0 Å². The summed E-state index contributed by atoms with van der Waals surface area (Å²) in [7, 11) is 0. The highest BCUT2D eigenvalue weighted by Crippen LogP contribution is 2.38. The third kappa shape index (κ3) is 2.40. The van der Waals surface area contributed by atoms with E-state index in [2.05, 4.69) is 15.3 Å². The van der Waals surface area contributed by atoms with E-state index in [1.165, 1.54) is 25.7 Å². The Balaban J connectivity index is 1.73. The summed E-state index contributed by atoms with van der Waals surface area (Å²) in [6, 6.07) is 1.82. The summed E-state index contributed by atoms with van der Waals surface area (Å²) in [5, 5.41) is 3.90. The minimum absolute atomic E-state index is 0.560. The first kappa shape index (κ1) is 9.40. The van der Waals surface area contributed by atoms with Gasteiger partial charge in [-0.15, -0.1) is 0 Å². The van der Waals surface area contributed by atoms with Crippen molar-refractivity contribution in [1.29, 1.82) is 0 Å². The first-order chi connectivity index (χ1) is 7.31. The fraction of sp³-hybridized carbons (Fsp3) is 0.636. The molecular formula is C11H14ClN3. The molecule has 0 atom stereocenters. The van der Waals surface area contributed by atoms with E-state index in [4.69, 9.17) is 11.6 Å². The van der Waals surface area contributed by atoms with Gasteiger partial charge in [0, 0.05) is 18.5 Å². The number of halogens is 1. The van der Waals surface area contributed by atoms with Crippen molar-refractivity contribution in [3.8, 4) is 0 Å². The second-order valence-electron chi connectivity index (χ2n) is 4.53. The third-order valence-corrected chi connectivity index (χ3v) is 3.12. The van der Waals surface area contributed by atoms with E-state index >= 15 is 0 Å². The van der Waals surface area contributed by atoms with Crippen LogP contribution in [0.4, 0.5) is 5.82 Å². The number of anilines is 1. The average molecular weight is 224 g/mol. The first-order valence-corrected chi connectivity index (χ1v) is 5.97. The number of nitrogens with zero attached hydrogens (tertiary/aromatic N) is 2. The Hall–Kier alpha value is -0.830. The maximum atomic E-state index is 5.96. The zero-order valence-corrected chi connectivity index (χ0v) is 9.30. The Morgan fingerprint density at radius 1 is 1.27 bits per heavy atom. The van der Waals surface area contributed by atoms with Gasteiger partial charge in [-0.3, -0.25) is 0 Å². The molecule has 1 heterocycles. The van der Waals surface area contributed by atoms with Gasteiger partial charge in [0.1, 0.15) is 16.8 Å². The topological polar surface area (TPSA) is 37.8 Å². The minimum atomic E-state index is 0.560. The smallest absolute Gasteiger partial charge is 0.135 e. The molecule has 0 unspecified atom stereocenters. The monoisotopic (exact) mass is 223 g/mol. The molecule has 2 saturated carbocycles. The molecule has 1 aromatic heterocycles. The van der Waals surface area contributed by atoms with E-state index in [1.54, 1.807) is 0 Å². The Bertz CT molecular complexity index is 372. The molecule has 0 saturated heterocycles. The van der Waals surface area contributed by atoms with E-state index in [-0.39, 0.29) is 0 Å². The summed E-state index contributed by atoms with van der Waals surface area (Å²) < 4.78 is 0. The maximum absolute atomic E-state index is 5.96. The van der Waals surface area contributed by atoms with E-state index in [1.807, 2.05) is 6.07 Å². The normalized spacial score (nSPS) is 20.3. The van der Waals surface area contributed by atoms with E-state index in [0.29, 0.717) is 11.1 Å². The summed E-state index contributed by atoms with van der Waals surface area (Å²) >= 11 is 5.96. The van der Waals surface area contributed by atoms with Crippen LogP contribution in [-0.4, -0.2) is 16.5 Å². The lowest BCUT2D eigenvalue weighted by molar-refractivity contribution is 0.866. The van der Waals surface area contributed by atoms with Crippen molar-refractivity contribution in [2.24, 2.45) is 5.92 Å². The van der Waals surface area contributed by atoms with Crippen molar-refractivity contribution in [3.05, 3.63) is 17.0 Å². The predicted molar refractivity (Wildman–Crippen MR) is 60.2 cm³/mol. The van der Waals surface area contributed by atoms with Crippen LogP contribution in [0.15, 0.2) is 6.07 Å². The molecule has 0 spiro atoms. The van der Waals surface area contributed by atoms with Crippen molar-refractivity contribution < 1.29 is 0 Å². The molecule has 0 bridgehead atoms. The SMILES string of the molecule is Clc1cc(NCC2CC2)nc(C2CC2)n1. The van der Waals surface area contributed by atoms with Crippen LogP contribution in [0.3, 0.4) is 0 Å². The maximum Gasteiger partial charge on any atom is 0.135 e. The lowest BCUT2D eigenvalue weighted by atomic mass is 10.4. The van der Waals surface area contributed by atoms with Crippen LogP contribution in [-0.2, 0) is 0 Å². The number of rotatable bonds is 4. The van der Waals surface area contributed by atoms with Gasteiger partial charge in [-0.1, -0.05) is 11.6 Å². The van der Waals surface area contributed by atoms with Crippen LogP contribution in [0.1, 0.15) is 37.4 Å².